The minimum atomic E-state index is -3.93. The largest absolute Gasteiger partial charge is 0.282 e. The molecule has 1 rings (SSSR count). The minimum Gasteiger partial charge on any atom is -0.282 e. The zero-order valence-electron chi connectivity index (χ0n) is 10.6. The van der Waals surface area contributed by atoms with Gasteiger partial charge in [-0.2, -0.15) is 0 Å². The van der Waals surface area contributed by atoms with Gasteiger partial charge in [0.15, 0.2) is 0 Å². The number of rotatable bonds is 6. The van der Waals surface area contributed by atoms with E-state index in [1.807, 2.05) is 0 Å². The summed E-state index contributed by atoms with van der Waals surface area (Å²) >= 11 is 3.01. The van der Waals surface area contributed by atoms with Crippen LogP contribution in [0.15, 0.2) is 27.6 Å². The summed E-state index contributed by atoms with van der Waals surface area (Å²) in [5.41, 5.74) is 0.0765. The van der Waals surface area contributed by atoms with Crippen LogP contribution in [0, 0.1) is 0 Å². The van der Waals surface area contributed by atoms with Crippen LogP contribution < -0.4 is 4.72 Å². The molecule has 1 N–H and O–H groups in total. The van der Waals surface area contributed by atoms with Crippen LogP contribution in [0.3, 0.4) is 0 Å². The highest BCUT2D eigenvalue weighted by molar-refractivity contribution is 9.10. The second kappa shape index (κ2) is 6.41. The van der Waals surface area contributed by atoms with E-state index in [-0.39, 0.29) is 15.1 Å². The predicted molar refractivity (Wildman–Crippen MR) is 84.3 cm³/mol. The SMILES string of the molecule is CS(=O)(=O)CCS(=O)(=O)Nc1ccc(S(=O)(=O)Cl)cc1Br. The zero-order chi connectivity index (χ0) is 16.5. The molecule has 0 aromatic heterocycles. The van der Waals surface area contributed by atoms with Gasteiger partial charge >= 0.3 is 0 Å². The molecule has 0 spiro atoms. The van der Waals surface area contributed by atoms with Crippen LogP contribution in [0.1, 0.15) is 0 Å². The van der Waals surface area contributed by atoms with Crippen LogP contribution in [-0.4, -0.2) is 43.0 Å². The van der Waals surface area contributed by atoms with Gasteiger partial charge < -0.3 is 0 Å². The second-order valence-corrected chi connectivity index (χ2v) is 11.7. The number of anilines is 1. The number of halogens is 2. The first-order valence-corrected chi connectivity index (χ1v) is 12.0. The van der Waals surface area contributed by atoms with Crippen LogP contribution >= 0.6 is 26.6 Å². The molecule has 120 valence electrons. The van der Waals surface area contributed by atoms with E-state index in [2.05, 4.69) is 20.7 Å². The van der Waals surface area contributed by atoms with E-state index in [4.69, 9.17) is 10.7 Å². The first-order chi connectivity index (χ1) is 9.30. The van der Waals surface area contributed by atoms with Crippen molar-refractivity contribution in [2.75, 3.05) is 22.5 Å². The van der Waals surface area contributed by atoms with Crippen LogP contribution in [-0.2, 0) is 28.9 Å². The first-order valence-electron chi connectivity index (χ1n) is 5.23. The van der Waals surface area contributed by atoms with E-state index in [1.54, 1.807) is 0 Å². The quantitative estimate of drug-likeness (QED) is 0.664. The Labute approximate surface area is 136 Å². The lowest BCUT2D eigenvalue weighted by Crippen LogP contribution is -2.22. The molecule has 0 saturated heterocycles. The van der Waals surface area contributed by atoms with Gasteiger partial charge in [0.1, 0.15) is 9.84 Å². The fraction of sp³-hybridized carbons (Fsp3) is 0.333. The van der Waals surface area contributed by atoms with Crippen molar-refractivity contribution in [3.05, 3.63) is 22.7 Å². The number of nitrogens with one attached hydrogen (secondary N) is 1. The summed E-state index contributed by atoms with van der Waals surface area (Å²) < 4.78 is 70.0. The molecule has 0 atom stereocenters. The van der Waals surface area contributed by atoms with Crippen LogP contribution in [0.5, 0.6) is 0 Å². The molecule has 0 amide bonds. The lowest BCUT2D eigenvalue weighted by atomic mass is 10.3. The van der Waals surface area contributed by atoms with Crippen molar-refractivity contribution in [2.45, 2.75) is 4.90 Å². The Balaban J connectivity index is 2.99. The molecule has 7 nitrogen and oxygen atoms in total. The molecule has 1 aromatic carbocycles. The van der Waals surface area contributed by atoms with E-state index < -0.39 is 40.4 Å². The van der Waals surface area contributed by atoms with Crippen molar-refractivity contribution in [3.8, 4) is 0 Å². The van der Waals surface area contributed by atoms with E-state index >= 15 is 0 Å². The van der Waals surface area contributed by atoms with Crippen molar-refractivity contribution in [1.82, 2.24) is 0 Å². The van der Waals surface area contributed by atoms with Gasteiger partial charge in [-0.15, -0.1) is 0 Å². The van der Waals surface area contributed by atoms with Gasteiger partial charge in [0, 0.05) is 21.4 Å². The summed E-state index contributed by atoms with van der Waals surface area (Å²) in [6.45, 7) is 0. The van der Waals surface area contributed by atoms with Gasteiger partial charge in [-0.05, 0) is 34.1 Å². The third-order valence-corrected chi connectivity index (χ3v) is 6.69. The van der Waals surface area contributed by atoms with Gasteiger partial charge in [0.25, 0.3) is 9.05 Å². The number of sulfone groups is 1. The maximum Gasteiger partial charge on any atom is 0.261 e. The number of hydrogen-bond donors (Lipinski definition) is 1. The lowest BCUT2D eigenvalue weighted by molar-refractivity contribution is 0.593. The Morgan fingerprint density at radius 1 is 1.10 bits per heavy atom. The lowest BCUT2D eigenvalue weighted by Gasteiger charge is -2.10. The van der Waals surface area contributed by atoms with Gasteiger partial charge in [0.2, 0.25) is 10.0 Å². The Hall–Kier alpha value is -0.360. The number of benzene rings is 1. The first kappa shape index (κ1) is 18.7. The summed E-state index contributed by atoms with van der Waals surface area (Å²) in [5.74, 6) is -1.12. The van der Waals surface area contributed by atoms with Crippen LogP contribution in [0.25, 0.3) is 0 Å². The summed E-state index contributed by atoms with van der Waals surface area (Å²) in [4.78, 5) is -0.199. The molecule has 0 aliphatic rings. The van der Waals surface area contributed by atoms with Gasteiger partial charge in [-0.25, -0.2) is 25.3 Å². The maximum atomic E-state index is 11.7. The third kappa shape index (κ3) is 6.51. The smallest absolute Gasteiger partial charge is 0.261 e. The van der Waals surface area contributed by atoms with Crippen molar-refractivity contribution in [2.24, 2.45) is 0 Å². The Morgan fingerprint density at radius 3 is 2.10 bits per heavy atom. The fourth-order valence-electron chi connectivity index (χ4n) is 1.21. The highest BCUT2D eigenvalue weighted by atomic mass is 79.9. The highest BCUT2D eigenvalue weighted by Crippen LogP contribution is 2.28. The van der Waals surface area contributed by atoms with E-state index in [0.717, 1.165) is 18.4 Å². The molecule has 0 radical (unpaired) electrons. The van der Waals surface area contributed by atoms with E-state index in [1.165, 1.54) is 6.07 Å². The molecule has 0 aliphatic heterocycles. The molecule has 0 heterocycles. The Kier molecular flexibility index (Phi) is 5.70. The van der Waals surface area contributed by atoms with E-state index in [0.29, 0.717) is 0 Å². The van der Waals surface area contributed by atoms with Crippen molar-refractivity contribution >= 4 is 61.2 Å². The summed E-state index contributed by atoms with van der Waals surface area (Å²) in [7, 11) is -6.06. The summed E-state index contributed by atoms with van der Waals surface area (Å²) in [6.07, 6.45) is 0.929. The molecular formula is C9H11BrClNO6S3. The van der Waals surface area contributed by atoms with Gasteiger partial charge in [0.05, 0.1) is 22.1 Å². The molecule has 0 fully saturated rings. The Morgan fingerprint density at radius 2 is 1.67 bits per heavy atom. The fourth-order valence-corrected chi connectivity index (χ4v) is 5.45. The minimum absolute atomic E-state index is 0.0765. The number of hydrogen-bond acceptors (Lipinski definition) is 6. The van der Waals surface area contributed by atoms with Gasteiger partial charge in [-0.3, -0.25) is 4.72 Å². The maximum absolute atomic E-state index is 11.7. The number of sulfonamides is 1. The molecule has 1 aromatic rings. The zero-order valence-corrected chi connectivity index (χ0v) is 15.4. The van der Waals surface area contributed by atoms with Crippen LogP contribution in [0.4, 0.5) is 5.69 Å². The topological polar surface area (TPSA) is 114 Å². The molecule has 12 heteroatoms. The van der Waals surface area contributed by atoms with Crippen molar-refractivity contribution in [1.29, 1.82) is 0 Å². The molecule has 21 heavy (non-hydrogen) atoms. The molecular weight excluding hydrogens is 430 g/mol. The van der Waals surface area contributed by atoms with Crippen LogP contribution in [0.2, 0.25) is 0 Å². The van der Waals surface area contributed by atoms with Crippen molar-refractivity contribution < 1.29 is 25.3 Å². The summed E-state index contributed by atoms with van der Waals surface area (Å²) in [6, 6.07) is 3.47. The Bertz CT molecular complexity index is 847. The molecule has 0 unspecified atom stereocenters. The average molecular weight is 441 g/mol. The van der Waals surface area contributed by atoms with E-state index in [9.17, 15) is 25.3 Å². The average Bonchev–Trinajstić information content (AvgIpc) is 2.27. The summed E-state index contributed by atoms with van der Waals surface area (Å²) in [5, 5.41) is 0. The normalized spacial score (nSPS) is 13.1. The standard InChI is InChI=1S/C9H11BrClNO6S3/c1-19(13,14)4-5-20(15,16)12-9-3-2-7(6-8(9)10)21(11,17)18/h2-3,6,12H,4-5H2,1H3. The predicted octanol–water partition coefficient (Wildman–Crippen LogP) is 1.16. The molecule has 0 saturated carbocycles. The molecule has 0 bridgehead atoms. The van der Waals surface area contributed by atoms with Gasteiger partial charge in [-0.1, -0.05) is 0 Å². The molecule has 0 aliphatic carbocycles. The highest BCUT2D eigenvalue weighted by Gasteiger charge is 2.17. The third-order valence-electron chi connectivity index (χ3n) is 2.21. The monoisotopic (exact) mass is 439 g/mol. The second-order valence-electron chi connectivity index (χ2n) is 4.13. The van der Waals surface area contributed by atoms with Crippen molar-refractivity contribution in [3.63, 3.8) is 0 Å².